The van der Waals surface area contributed by atoms with Crippen LogP contribution >= 0.6 is 22.6 Å². The molecule has 0 aliphatic heterocycles. The predicted octanol–water partition coefficient (Wildman–Crippen LogP) is 6.12. The second-order valence-corrected chi connectivity index (χ2v) is 11.7. The lowest BCUT2D eigenvalue weighted by Crippen LogP contribution is -2.17. The second-order valence-electron chi connectivity index (χ2n) is 8.95. The van der Waals surface area contributed by atoms with E-state index in [4.69, 9.17) is 18.4 Å². The van der Waals surface area contributed by atoms with E-state index in [2.05, 4.69) is 10.5 Å². The van der Waals surface area contributed by atoms with E-state index in [1.54, 1.807) is 49.4 Å². The number of nitrogens with zero attached hydrogens (tertiary/aromatic N) is 1. The molecule has 0 saturated carbocycles. The summed E-state index contributed by atoms with van der Waals surface area (Å²) in [6.07, 6.45) is 1.43. The Labute approximate surface area is 258 Å². The number of hydrogen-bond acceptors (Lipinski definition) is 8. The molecule has 0 atom stereocenters. The van der Waals surface area contributed by atoms with Crippen molar-refractivity contribution >= 4 is 44.8 Å². The van der Waals surface area contributed by atoms with Crippen LogP contribution in [0.2, 0.25) is 0 Å². The highest BCUT2D eigenvalue weighted by Crippen LogP contribution is 2.36. The van der Waals surface area contributed by atoms with E-state index in [0.717, 1.165) is 11.1 Å². The number of ether oxygens (including phenoxy) is 3. The summed E-state index contributed by atoms with van der Waals surface area (Å²) in [5.41, 5.74) is 5.31. The fourth-order valence-electron chi connectivity index (χ4n) is 3.76. The lowest BCUT2D eigenvalue weighted by molar-refractivity contribution is 0.0954. The molecule has 1 N–H and O–H groups in total. The van der Waals surface area contributed by atoms with Crippen molar-refractivity contribution in [3.8, 4) is 23.0 Å². The van der Waals surface area contributed by atoms with Gasteiger partial charge in [0.2, 0.25) is 0 Å². The summed E-state index contributed by atoms with van der Waals surface area (Å²) in [5, 5.41) is 4.06. The summed E-state index contributed by atoms with van der Waals surface area (Å²) < 4.78 is 48.7. The highest BCUT2D eigenvalue weighted by atomic mass is 127. The third kappa shape index (κ3) is 8.01. The van der Waals surface area contributed by atoms with E-state index >= 15 is 0 Å². The Balaban J connectivity index is 1.46. The number of amides is 1. The lowest BCUT2D eigenvalue weighted by Gasteiger charge is -2.14. The van der Waals surface area contributed by atoms with Crippen LogP contribution in [0, 0.1) is 10.5 Å². The normalized spacial score (nSPS) is 11.2. The van der Waals surface area contributed by atoms with Gasteiger partial charge in [-0.2, -0.15) is 13.5 Å². The Morgan fingerprint density at radius 3 is 2.36 bits per heavy atom. The molecule has 0 spiro atoms. The number of hydrogen-bond donors (Lipinski definition) is 1. The Hall–Kier alpha value is -4.10. The fraction of sp³-hybridized carbons (Fsp3) is 0.161. The first-order valence-corrected chi connectivity index (χ1v) is 15.3. The first-order chi connectivity index (χ1) is 20.2. The quantitative estimate of drug-likeness (QED) is 0.0821. The molecule has 0 aromatic heterocycles. The molecule has 0 aliphatic carbocycles. The van der Waals surface area contributed by atoms with E-state index in [1.807, 2.05) is 59.8 Å². The Bertz CT molecular complexity index is 1680. The van der Waals surface area contributed by atoms with E-state index in [0.29, 0.717) is 32.8 Å². The van der Waals surface area contributed by atoms with Crippen molar-refractivity contribution in [2.24, 2.45) is 5.10 Å². The molecule has 0 fully saturated rings. The molecule has 0 bridgehead atoms. The van der Waals surface area contributed by atoms with Gasteiger partial charge in [-0.25, -0.2) is 5.43 Å². The smallest absolute Gasteiger partial charge is 0.339 e. The number of nitrogens with one attached hydrogen (secondary N) is 1. The van der Waals surface area contributed by atoms with Gasteiger partial charge in [0, 0.05) is 5.56 Å². The maximum Gasteiger partial charge on any atom is 0.339 e. The van der Waals surface area contributed by atoms with Crippen molar-refractivity contribution in [2.75, 3.05) is 13.7 Å². The molecule has 0 unspecified atom stereocenters. The van der Waals surface area contributed by atoms with Crippen LogP contribution in [-0.4, -0.2) is 34.3 Å². The van der Waals surface area contributed by atoms with Gasteiger partial charge in [0.1, 0.15) is 11.5 Å². The highest BCUT2D eigenvalue weighted by molar-refractivity contribution is 14.1. The molecular formula is C31H29IN2O7S. The number of carbonyl (C=O) groups is 1. The first kappa shape index (κ1) is 30.8. The predicted molar refractivity (Wildman–Crippen MR) is 168 cm³/mol. The molecule has 218 valence electrons. The third-order valence-electron chi connectivity index (χ3n) is 5.88. The van der Waals surface area contributed by atoms with Crippen molar-refractivity contribution in [2.45, 2.75) is 25.3 Å². The standard InChI is InChI=1S/C31H29IN2O7S/c1-4-39-29-17-23(16-26(32)30(29)41-42(36,37)25-13-10-21(2)11-14-25)19-33-34-31(35)24-12-15-27(28(18-24)38-3)40-20-22-8-6-5-7-9-22/h5-19H,4,20H2,1-3H3,(H,34,35)/b33-19+. The summed E-state index contributed by atoms with van der Waals surface area (Å²) in [7, 11) is -2.59. The summed E-state index contributed by atoms with van der Waals surface area (Å²) in [6, 6.07) is 24.2. The zero-order valence-corrected chi connectivity index (χ0v) is 26.1. The van der Waals surface area contributed by atoms with Crippen molar-refractivity contribution in [1.29, 1.82) is 0 Å². The van der Waals surface area contributed by atoms with Crippen LogP contribution in [0.1, 0.15) is 34.0 Å². The van der Waals surface area contributed by atoms with Crippen molar-refractivity contribution in [1.82, 2.24) is 5.43 Å². The van der Waals surface area contributed by atoms with Gasteiger partial charge in [-0.15, -0.1) is 0 Å². The van der Waals surface area contributed by atoms with Crippen LogP contribution in [0.3, 0.4) is 0 Å². The zero-order chi connectivity index (χ0) is 30.1. The molecule has 4 aromatic carbocycles. The van der Waals surface area contributed by atoms with E-state index in [-0.39, 0.29) is 23.0 Å². The molecule has 4 rings (SSSR count). The van der Waals surface area contributed by atoms with Gasteiger partial charge in [0.25, 0.3) is 5.91 Å². The maximum absolute atomic E-state index is 12.9. The SMILES string of the molecule is CCOc1cc(/C=N/NC(=O)c2ccc(OCc3ccccc3)c(OC)c2)cc(I)c1OS(=O)(=O)c1ccc(C)cc1. The minimum Gasteiger partial charge on any atom is -0.493 e. The average molecular weight is 701 g/mol. The second kappa shape index (κ2) is 14.2. The van der Waals surface area contributed by atoms with Crippen LogP contribution in [0.5, 0.6) is 23.0 Å². The topological polar surface area (TPSA) is 113 Å². The summed E-state index contributed by atoms with van der Waals surface area (Å²) in [4.78, 5) is 12.8. The third-order valence-corrected chi connectivity index (χ3v) is 7.91. The Morgan fingerprint density at radius 1 is 0.929 bits per heavy atom. The largest absolute Gasteiger partial charge is 0.493 e. The molecule has 4 aromatic rings. The number of carbonyl (C=O) groups excluding carboxylic acids is 1. The summed E-state index contributed by atoms with van der Waals surface area (Å²) in [5.74, 6) is 0.758. The minimum absolute atomic E-state index is 0.0344. The highest BCUT2D eigenvalue weighted by Gasteiger charge is 2.22. The van der Waals surface area contributed by atoms with Gasteiger partial charge in [-0.3, -0.25) is 4.79 Å². The Morgan fingerprint density at radius 2 is 1.67 bits per heavy atom. The van der Waals surface area contributed by atoms with E-state index in [9.17, 15) is 13.2 Å². The van der Waals surface area contributed by atoms with Gasteiger partial charge >= 0.3 is 10.1 Å². The van der Waals surface area contributed by atoms with Crippen LogP contribution in [0.25, 0.3) is 0 Å². The monoisotopic (exact) mass is 700 g/mol. The minimum atomic E-state index is -4.09. The van der Waals surface area contributed by atoms with E-state index < -0.39 is 16.0 Å². The van der Waals surface area contributed by atoms with Gasteiger partial charge in [-0.1, -0.05) is 48.0 Å². The van der Waals surface area contributed by atoms with Crippen molar-refractivity contribution in [3.63, 3.8) is 0 Å². The van der Waals surface area contributed by atoms with E-state index in [1.165, 1.54) is 25.5 Å². The number of benzene rings is 4. The summed E-state index contributed by atoms with van der Waals surface area (Å²) in [6.45, 7) is 4.28. The van der Waals surface area contributed by atoms with Crippen LogP contribution in [0.4, 0.5) is 0 Å². The Kier molecular flexibility index (Phi) is 10.4. The first-order valence-electron chi connectivity index (χ1n) is 12.9. The molecule has 1 amide bonds. The maximum atomic E-state index is 12.9. The number of hydrazone groups is 1. The number of rotatable bonds is 12. The zero-order valence-electron chi connectivity index (χ0n) is 23.2. The van der Waals surface area contributed by atoms with Gasteiger partial charge < -0.3 is 18.4 Å². The molecule has 0 radical (unpaired) electrons. The number of halogens is 1. The van der Waals surface area contributed by atoms with Gasteiger partial charge in [0.15, 0.2) is 23.0 Å². The average Bonchev–Trinajstić information content (AvgIpc) is 2.98. The summed E-state index contributed by atoms with van der Waals surface area (Å²) >= 11 is 1.97. The molecule has 11 heteroatoms. The fourth-order valence-corrected chi connectivity index (χ4v) is 5.60. The van der Waals surface area contributed by atoms with Crippen molar-refractivity contribution < 1.29 is 31.6 Å². The van der Waals surface area contributed by atoms with Crippen LogP contribution in [0.15, 0.2) is 94.9 Å². The number of aryl methyl sites for hydroxylation is 1. The van der Waals surface area contributed by atoms with Crippen LogP contribution < -0.4 is 23.8 Å². The molecular weight excluding hydrogens is 671 g/mol. The van der Waals surface area contributed by atoms with Crippen molar-refractivity contribution in [3.05, 3.63) is 111 Å². The lowest BCUT2D eigenvalue weighted by atomic mass is 10.2. The molecule has 0 saturated heterocycles. The molecule has 0 heterocycles. The number of methoxy groups -OCH3 is 1. The van der Waals surface area contributed by atoms with Gasteiger partial charge in [-0.05, 0) is 90.0 Å². The molecule has 0 aliphatic rings. The van der Waals surface area contributed by atoms with Gasteiger partial charge in [0.05, 0.1) is 23.5 Å². The molecule has 42 heavy (non-hydrogen) atoms. The molecule has 9 nitrogen and oxygen atoms in total. The van der Waals surface area contributed by atoms with Crippen LogP contribution in [-0.2, 0) is 16.7 Å².